The Balaban J connectivity index is 2.20. The summed E-state index contributed by atoms with van der Waals surface area (Å²) < 4.78 is 44.1. The first kappa shape index (κ1) is 21.3. The van der Waals surface area contributed by atoms with Crippen LogP contribution < -0.4 is 4.74 Å². The van der Waals surface area contributed by atoms with Crippen LogP contribution in [0.3, 0.4) is 0 Å². The first-order chi connectivity index (χ1) is 14.2. The van der Waals surface area contributed by atoms with Gasteiger partial charge in [-0.15, -0.1) is 0 Å². The van der Waals surface area contributed by atoms with Crippen molar-refractivity contribution >= 4 is 26.6 Å². The quantitative estimate of drug-likeness (QED) is 0.626. The molecule has 0 bridgehead atoms. The van der Waals surface area contributed by atoms with Gasteiger partial charge >= 0.3 is 5.97 Å². The van der Waals surface area contributed by atoms with Gasteiger partial charge in [0.1, 0.15) is 23.4 Å². The van der Waals surface area contributed by atoms with Gasteiger partial charge in [0.15, 0.2) is 9.84 Å². The van der Waals surface area contributed by atoms with E-state index in [1.807, 2.05) is 6.07 Å². The van der Waals surface area contributed by atoms with Crippen molar-refractivity contribution in [3.8, 4) is 17.6 Å². The van der Waals surface area contributed by atoms with Crippen molar-refractivity contribution in [2.75, 3.05) is 5.75 Å². The van der Waals surface area contributed by atoms with Crippen molar-refractivity contribution in [2.24, 2.45) is 0 Å². The second-order valence-electron chi connectivity index (χ2n) is 6.70. The summed E-state index contributed by atoms with van der Waals surface area (Å²) in [4.78, 5) is 11.2. The summed E-state index contributed by atoms with van der Waals surface area (Å²) in [6.45, 7) is 3.16. The van der Waals surface area contributed by atoms with Crippen molar-refractivity contribution in [2.45, 2.75) is 25.2 Å². The Kier molecular flexibility index (Phi) is 5.76. The highest BCUT2D eigenvalue weighted by atomic mass is 32.2. The van der Waals surface area contributed by atoms with Crippen LogP contribution >= 0.6 is 0 Å². The van der Waals surface area contributed by atoms with Crippen LogP contribution in [-0.2, 0) is 21.1 Å². The molecular formula is C22H18FNO5S. The Morgan fingerprint density at radius 2 is 1.93 bits per heavy atom. The number of benzene rings is 3. The minimum Gasteiger partial charge on any atom is -0.481 e. The highest BCUT2D eigenvalue weighted by Gasteiger charge is 2.19. The van der Waals surface area contributed by atoms with Gasteiger partial charge in [-0.25, -0.2) is 12.8 Å². The molecule has 0 heterocycles. The highest BCUT2D eigenvalue weighted by molar-refractivity contribution is 7.91. The third kappa shape index (κ3) is 4.11. The van der Waals surface area contributed by atoms with E-state index < -0.39 is 21.6 Å². The summed E-state index contributed by atoms with van der Waals surface area (Å²) in [5.41, 5.74) is 0.974. The fraction of sp³-hybridized carbons (Fsp3) is 0.182. The van der Waals surface area contributed by atoms with Crippen molar-refractivity contribution in [1.29, 1.82) is 5.26 Å². The van der Waals surface area contributed by atoms with E-state index in [1.165, 1.54) is 43.3 Å². The second kappa shape index (κ2) is 8.13. The average molecular weight is 427 g/mol. The summed E-state index contributed by atoms with van der Waals surface area (Å²) in [7, 11) is -3.51. The van der Waals surface area contributed by atoms with Crippen LogP contribution in [0.4, 0.5) is 4.39 Å². The SMILES string of the molecule is CCS(=O)(=O)c1ccc(Oc2c(C)c(CC(=O)O)cc3ccc(F)cc23)c(C#N)c1. The van der Waals surface area contributed by atoms with Gasteiger partial charge in [-0.3, -0.25) is 4.79 Å². The maximum atomic E-state index is 13.9. The summed E-state index contributed by atoms with van der Waals surface area (Å²) in [6.07, 6.45) is -0.256. The predicted molar refractivity (Wildman–Crippen MR) is 109 cm³/mol. The summed E-state index contributed by atoms with van der Waals surface area (Å²) in [6, 6.07) is 11.6. The van der Waals surface area contributed by atoms with Gasteiger partial charge in [0.05, 0.1) is 22.6 Å². The number of hydrogen-bond acceptors (Lipinski definition) is 5. The number of carbonyl (C=O) groups is 1. The number of rotatable bonds is 6. The van der Waals surface area contributed by atoms with E-state index in [9.17, 15) is 28.0 Å². The largest absolute Gasteiger partial charge is 0.481 e. The van der Waals surface area contributed by atoms with E-state index in [4.69, 9.17) is 4.74 Å². The lowest BCUT2D eigenvalue weighted by Gasteiger charge is -2.16. The van der Waals surface area contributed by atoms with Crippen LogP contribution in [0.2, 0.25) is 0 Å². The molecule has 0 saturated heterocycles. The molecule has 1 N–H and O–H groups in total. The van der Waals surface area contributed by atoms with Gasteiger partial charge < -0.3 is 9.84 Å². The van der Waals surface area contributed by atoms with Crippen LogP contribution in [0, 0.1) is 24.1 Å². The average Bonchev–Trinajstić information content (AvgIpc) is 2.71. The lowest BCUT2D eigenvalue weighted by molar-refractivity contribution is -0.136. The fourth-order valence-corrected chi connectivity index (χ4v) is 4.03. The van der Waals surface area contributed by atoms with Crippen molar-refractivity contribution < 1.29 is 27.4 Å². The van der Waals surface area contributed by atoms with Crippen LogP contribution in [0.25, 0.3) is 10.8 Å². The van der Waals surface area contributed by atoms with Crippen molar-refractivity contribution in [3.63, 3.8) is 0 Å². The molecule has 154 valence electrons. The van der Waals surface area contributed by atoms with E-state index in [1.54, 1.807) is 13.0 Å². The molecule has 6 nitrogen and oxygen atoms in total. The lowest BCUT2D eigenvalue weighted by Crippen LogP contribution is -2.05. The minimum absolute atomic E-state index is 0.00107. The number of halogens is 1. The molecule has 0 aliphatic carbocycles. The van der Waals surface area contributed by atoms with Gasteiger partial charge in [0.25, 0.3) is 0 Å². The van der Waals surface area contributed by atoms with Gasteiger partial charge in [-0.2, -0.15) is 5.26 Å². The molecule has 3 aromatic rings. The van der Waals surface area contributed by atoms with E-state index in [0.29, 0.717) is 21.9 Å². The standard InChI is InChI=1S/C22H18FNO5S/c1-3-30(27,28)18-6-7-20(16(9-18)12-24)29-22-13(2)15(10-21(25)26)8-14-4-5-17(23)11-19(14)22/h4-9,11H,3,10H2,1-2H3,(H,25,26). The van der Waals surface area contributed by atoms with Gasteiger partial charge in [-0.05, 0) is 53.8 Å². The number of nitrogens with zero attached hydrogens (tertiary/aromatic N) is 1. The summed E-state index contributed by atoms with van der Waals surface area (Å²) in [5.74, 6) is -1.34. The molecule has 0 fully saturated rings. The Hall–Kier alpha value is -3.44. The summed E-state index contributed by atoms with van der Waals surface area (Å²) >= 11 is 0. The molecule has 0 aromatic heterocycles. The minimum atomic E-state index is -3.51. The van der Waals surface area contributed by atoms with Crippen LogP contribution in [0.5, 0.6) is 11.5 Å². The normalized spacial score (nSPS) is 11.3. The van der Waals surface area contributed by atoms with Gasteiger partial charge in [-0.1, -0.05) is 19.1 Å². The predicted octanol–water partition coefficient (Wildman–Crippen LogP) is 4.37. The molecule has 0 amide bonds. The molecule has 30 heavy (non-hydrogen) atoms. The van der Waals surface area contributed by atoms with E-state index >= 15 is 0 Å². The maximum absolute atomic E-state index is 13.9. The number of aliphatic carboxylic acids is 1. The third-order valence-corrected chi connectivity index (χ3v) is 6.51. The number of hydrogen-bond donors (Lipinski definition) is 1. The molecule has 0 saturated carbocycles. The van der Waals surface area contributed by atoms with Crippen LogP contribution in [-0.4, -0.2) is 25.2 Å². The molecular weight excluding hydrogens is 409 g/mol. The zero-order valence-corrected chi connectivity index (χ0v) is 17.1. The lowest BCUT2D eigenvalue weighted by atomic mass is 9.98. The Bertz CT molecular complexity index is 1310. The zero-order valence-electron chi connectivity index (χ0n) is 16.3. The fourth-order valence-electron chi connectivity index (χ4n) is 3.13. The number of carboxylic acid groups (broad SMARTS) is 1. The first-order valence-corrected chi connectivity index (χ1v) is 10.7. The van der Waals surface area contributed by atoms with Crippen molar-refractivity contribution in [1.82, 2.24) is 0 Å². The smallest absolute Gasteiger partial charge is 0.307 e. The Morgan fingerprint density at radius 1 is 1.20 bits per heavy atom. The van der Waals surface area contributed by atoms with Crippen molar-refractivity contribution in [3.05, 3.63) is 65.0 Å². The molecule has 0 spiro atoms. The van der Waals surface area contributed by atoms with Gasteiger partial charge in [0, 0.05) is 5.39 Å². The van der Waals surface area contributed by atoms with Gasteiger partial charge in [0.2, 0.25) is 0 Å². The number of nitriles is 1. The molecule has 0 unspecified atom stereocenters. The van der Waals surface area contributed by atoms with E-state index in [0.717, 1.165) is 0 Å². The maximum Gasteiger partial charge on any atom is 0.307 e. The monoisotopic (exact) mass is 427 g/mol. The number of sulfone groups is 1. The number of ether oxygens (including phenoxy) is 1. The molecule has 3 rings (SSSR count). The molecule has 0 radical (unpaired) electrons. The summed E-state index contributed by atoms with van der Waals surface area (Å²) in [5, 5.41) is 19.7. The molecule has 3 aromatic carbocycles. The van der Waals surface area contributed by atoms with Crippen LogP contribution in [0.15, 0.2) is 47.4 Å². The molecule has 0 aliphatic rings. The molecule has 0 aliphatic heterocycles. The second-order valence-corrected chi connectivity index (χ2v) is 8.98. The van der Waals surface area contributed by atoms with E-state index in [-0.39, 0.29) is 34.1 Å². The Morgan fingerprint density at radius 3 is 2.57 bits per heavy atom. The molecule has 8 heteroatoms. The van der Waals surface area contributed by atoms with E-state index in [2.05, 4.69) is 0 Å². The first-order valence-electron chi connectivity index (χ1n) is 9.04. The Labute approximate surface area is 173 Å². The molecule has 0 atom stereocenters. The number of fused-ring (bicyclic) bond motifs is 1. The zero-order chi connectivity index (χ0) is 22.1. The topological polar surface area (TPSA) is 104 Å². The van der Waals surface area contributed by atoms with Crippen LogP contribution in [0.1, 0.15) is 23.6 Å². The number of carboxylic acids is 1. The highest BCUT2D eigenvalue weighted by Crippen LogP contribution is 2.38. The third-order valence-electron chi connectivity index (χ3n) is 4.78.